The van der Waals surface area contributed by atoms with Gasteiger partial charge in [0, 0.05) is 43.5 Å². The molecule has 2 aromatic rings. The van der Waals surface area contributed by atoms with Gasteiger partial charge >= 0.3 is 0 Å². The second-order valence-corrected chi connectivity index (χ2v) is 7.68. The average Bonchev–Trinajstić information content (AvgIpc) is 2.94. The number of alkyl halides is 3. The van der Waals surface area contributed by atoms with Crippen molar-refractivity contribution in [3.63, 3.8) is 0 Å². The third-order valence-corrected chi connectivity index (χ3v) is 5.23. The lowest BCUT2D eigenvalue weighted by atomic mass is 9.84. The van der Waals surface area contributed by atoms with Crippen LogP contribution in [-0.4, -0.2) is 33.2 Å². The number of nitrogens with zero attached hydrogens (tertiary/aromatic N) is 3. The standard InChI is InChI=1S/C19H26F3N5.C2H6/c1-12-10-27(11-18(20)4-6-19(21,22)7-5-18)15-8-14(9-25-16(12)15)17(13(2)23)26(3)24;1-2/h8-10H,4-7,11,23-24H2,1-3H3;1-2H3/b17-13-;. The van der Waals surface area contributed by atoms with Crippen LogP contribution in [0.25, 0.3) is 16.7 Å². The Morgan fingerprint density at radius 3 is 2.31 bits per heavy atom. The van der Waals surface area contributed by atoms with Crippen molar-refractivity contribution in [1.82, 2.24) is 14.6 Å². The summed E-state index contributed by atoms with van der Waals surface area (Å²) in [5, 5.41) is 1.41. The highest BCUT2D eigenvalue weighted by Gasteiger charge is 2.44. The van der Waals surface area contributed by atoms with Crippen LogP contribution in [0.1, 0.15) is 57.6 Å². The molecule has 1 fully saturated rings. The van der Waals surface area contributed by atoms with Gasteiger partial charge in [-0.25, -0.2) is 19.0 Å². The van der Waals surface area contributed by atoms with Crippen LogP contribution in [0.4, 0.5) is 13.2 Å². The molecule has 1 saturated carbocycles. The van der Waals surface area contributed by atoms with Gasteiger partial charge in [0.15, 0.2) is 0 Å². The largest absolute Gasteiger partial charge is 0.401 e. The molecule has 0 spiro atoms. The molecule has 0 saturated heterocycles. The molecule has 0 atom stereocenters. The van der Waals surface area contributed by atoms with Crippen LogP contribution in [0.15, 0.2) is 24.2 Å². The van der Waals surface area contributed by atoms with Gasteiger partial charge in [0.1, 0.15) is 5.67 Å². The zero-order valence-electron chi connectivity index (χ0n) is 17.9. The van der Waals surface area contributed by atoms with E-state index in [1.165, 1.54) is 5.01 Å². The van der Waals surface area contributed by atoms with E-state index in [-0.39, 0.29) is 19.4 Å². The van der Waals surface area contributed by atoms with Crippen molar-refractivity contribution in [2.75, 3.05) is 7.05 Å². The van der Waals surface area contributed by atoms with E-state index in [9.17, 15) is 8.78 Å². The summed E-state index contributed by atoms with van der Waals surface area (Å²) in [6, 6.07) is 1.87. The molecule has 0 aliphatic heterocycles. The molecule has 4 N–H and O–H groups in total. The minimum Gasteiger partial charge on any atom is -0.401 e. The fraction of sp³-hybridized carbons (Fsp3) is 0.571. The third kappa shape index (κ3) is 5.04. The molecule has 2 heterocycles. The fourth-order valence-corrected chi connectivity index (χ4v) is 3.84. The van der Waals surface area contributed by atoms with E-state index in [1.807, 2.05) is 33.0 Å². The van der Waals surface area contributed by atoms with Gasteiger partial charge in [-0.2, -0.15) is 0 Å². The van der Waals surface area contributed by atoms with Crippen molar-refractivity contribution < 1.29 is 13.2 Å². The molecule has 162 valence electrons. The van der Waals surface area contributed by atoms with E-state index >= 15 is 4.39 Å². The molecule has 3 rings (SSSR count). The van der Waals surface area contributed by atoms with Gasteiger partial charge in [-0.1, -0.05) is 13.8 Å². The molecule has 5 nitrogen and oxygen atoms in total. The molecule has 8 heteroatoms. The number of halogens is 3. The smallest absolute Gasteiger partial charge is 0.248 e. The molecule has 0 aromatic carbocycles. The number of aromatic nitrogens is 2. The number of hydrazine groups is 1. The Balaban J connectivity index is 0.00000145. The van der Waals surface area contributed by atoms with E-state index in [1.54, 1.807) is 24.7 Å². The molecule has 29 heavy (non-hydrogen) atoms. The molecule has 0 radical (unpaired) electrons. The fourth-order valence-electron chi connectivity index (χ4n) is 3.84. The van der Waals surface area contributed by atoms with Crippen molar-refractivity contribution in [3.8, 4) is 0 Å². The van der Waals surface area contributed by atoms with E-state index in [2.05, 4.69) is 4.98 Å². The van der Waals surface area contributed by atoms with Crippen molar-refractivity contribution >= 4 is 16.7 Å². The SMILES string of the molecule is C/C(N)=C(\c1cnc2c(C)cn(CC3(F)CCC(F)(F)CC3)c2c1)N(C)N.CC. The second kappa shape index (κ2) is 8.65. The first-order valence-corrected chi connectivity index (χ1v) is 9.99. The minimum atomic E-state index is -2.76. The highest BCUT2D eigenvalue weighted by Crippen LogP contribution is 2.42. The Kier molecular flexibility index (Phi) is 6.88. The lowest BCUT2D eigenvalue weighted by Gasteiger charge is -2.34. The summed E-state index contributed by atoms with van der Waals surface area (Å²) in [6.07, 6.45) is 2.38. The first-order chi connectivity index (χ1) is 13.5. The van der Waals surface area contributed by atoms with Gasteiger partial charge < -0.3 is 15.3 Å². The average molecular weight is 412 g/mol. The second-order valence-electron chi connectivity index (χ2n) is 7.68. The van der Waals surface area contributed by atoms with Crippen molar-refractivity contribution in [3.05, 3.63) is 35.3 Å². The maximum Gasteiger partial charge on any atom is 0.248 e. The molecule has 2 aromatic heterocycles. The summed E-state index contributed by atoms with van der Waals surface area (Å²) in [7, 11) is 1.68. The molecule has 0 amide bonds. The Hall–Kier alpha value is -2.22. The van der Waals surface area contributed by atoms with Gasteiger partial charge in [-0.15, -0.1) is 0 Å². The first-order valence-electron chi connectivity index (χ1n) is 9.99. The van der Waals surface area contributed by atoms with Crippen LogP contribution < -0.4 is 11.6 Å². The predicted octanol–water partition coefficient (Wildman–Crippen LogP) is 4.74. The maximum atomic E-state index is 15.2. The lowest BCUT2D eigenvalue weighted by Crippen LogP contribution is -2.38. The van der Waals surface area contributed by atoms with E-state index in [4.69, 9.17) is 11.6 Å². The van der Waals surface area contributed by atoms with Crippen LogP contribution in [-0.2, 0) is 6.54 Å². The summed E-state index contributed by atoms with van der Waals surface area (Å²) in [4.78, 5) is 4.49. The van der Waals surface area contributed by atoms with Crippen LogP contribution in [0.3, 0.4) is 0 Å². The Morgan fingerprint density at radius 1 is 1.21 bits per heavy atom. The normalized spacial score (nSPS) is 18.7. The third-order valence-electron chi connectivity index (χ3n) is 5.23. The van der Waals surface area contributed by atoms with E-state index in [0.29, 0.717) is 11.4 Å². The topological polar surface area (TPSA) is 73.1 Å². The summed E-state index contributed by atoms with van der Waals surface area (Å²) < 4.78 is 43.8. The monoisotopic (exact) mass is 411 g/mol. The molecule has 1 aliphatic rings. The molecular formula is C21H32F3N5. The van der Waals surface area contributed by atoms with Gasteiger partial charge in [0.2, 0.25) is 5.92 Å². The predicted molar refractivity (Wildman–Crippen MR) is 112 cm³/mol. The molecule has 0 unspecified atom stereocenters. The zero-order chi connectivity index (χ0) is 22.0. The van der Waals surface area contributed by atoms with Crippen molar-refractivity contribution in [2.24, 2.45) is 11.6 Å². The van der Waals surface area contributed by atoms with Gasteiger partial charge in [-0.05, 0) is 38.3 Å². The number of nitrogens with two attached hydrogens (primary N) is 2. The zero-order valence-corrected chi connectivity index (χ0v) is 17.9. The number of allylic oxidation sites excluding steroid dienone is 1. The Morgan fingerprint density at radius 2 is 1.79 bits per heavy atom. The number of aryl methyl sites for hydroxylation is 1. The summed E-state index contributed by atoms with van der Waals surface area (Å²) in [5.74, 6) is 3.12. The van der Waals surface area contributed by atoms with Crippen LogP contribution >= 0.6 is 0 Å². The van der Waals surface area contributed by atoms with Gasteiger partial charge in [-0.3, -0.25) is 4.98 Å². The van der Waals surface area contributed by atoms with Crippen LogP contribution in [0, 0.1) is 6.92 Å². The molecule has 1 aliphatic carbocycles. The van der Waals surface area contributed by atoms with Crippen LogP contribution in [0.5, 0.6) is 0 Å². The minimum absolute atomic E-state index is 0.0255. The summed E-state index contributed by atoms with van der Waals surface area (Å²) in [5.41, 5.74) is 8.56. The number of rotatable bonds is 4. The Bertz CT molecular complexity index is 872. The van der Waals surface area contributed by atoms with E-state index < -0.39 is 24.4 Å². The van der Waals surface area contributed by atoms with Gasteiger partial charge in [0.25, 0.3) is 0 Å². The highest BCUT2D eigenvalue weighted by atomic mass is 19.3. The van der Waals surface area contributed by atoms with E-state index in [0.717, 1.165) is 22.2 Å². The molecule has 0 bridgehead atoms. The Labute approximate surface area is 170 Å². The summed E-state index contributed by atoms with van der Waals surface area (Å²) in [6.45, 7) is 7.66. The first kappa shape index (κ1) is 23.1. The van der Waals surface area contributed by atoms with Crippen molar-refractivity contribution in [1.29, 1.82) is 0 Å². The quantitative estimate of drug-likeness (QED) is 0.563. The highest BCUT2D eigenvalue weighted by molar-refractivity contribution is 5.83. The lowest BCUT2D eigenvalue weighted by molar-refractivity contribution is -0.0791. The van der Waals surface area contributed by atoms with Gasteiger partial charge in [0.05, 0.1) is 23.3 Å². The maximum absolute atomic E-state index is 15.2. The molecular weight excluding hydrogens is 379 g/mol. The van der Waals surface area contributed by atoms with Crippen LogP contribution in [0.2, 0.25) is 0 Å². The number of hydrogen-bond donors (Lipinski definition) is 2. The number of pyridine rings is 1. The number of hydrogen-bond acceptors (Lipinski definition) is 4. The summed E-state index contributed by atoms with van der Waals surface area (Å²) >= 11 is 0. The number of fused-ring (bicyclic) bond motifs is 1. The van der Waals surface area contributed by atoms with Crippen molar-refractivity contribution in [2.45, 2.75) is 71.5 Å².